The number of hydrogen-bond acceptors (Lipinski definition) is 5. The smallest absolute Gasteiger partial charge is 0.356 e. The first-order chi connectivity index (χ1) is 9.35. The van der Waals surface area contributed by atoms with Crippen molar-refractivity contribution in [1.29, 1.82) is 0 Å². The summed E-state index contributed by atoms with van der Waals surface area (Å²) in [4.78, 5) is 10.7. The highest BCUT2D eigenvalue weighted by molar-refractivity contribution is 7.92. The maximum absolute atomic E-state index is 11.1. The molecule has 1 aromatic heterocycles. The number of sulfonamides is 1. The van der Waals surface area contributed by atoms with Crippen LogP contribution in [0.3, 0.4) is 0 Å². The van der Waals surface area contributed by atoms with E-state index in [2.05, 4.69) is 14.9 Å². The molecule has 0 unspecified atom stereocenters. The van der Waals surface area contributed by atoms with Crippen LogP contribution in [0.1, 0.15) is 10.5 Å². The number of hydrogen-bond donors (Lipinski definition) is 2. The van der Waals surface area contributed by atoms with Gasteiger partial charge < -0.3 is 5.11 Å². The minimum Gasteiger partial charge on any atom is -0.476 e. The molecule has 8 heteroatoms. The lowest BCUT2D eigenvalue weighted by Gasteiger charge is -2.05. The van der Waals surface area contributed by atoms with Crippen molar-refractivity contribution in [1.82, 2.24) is 10.2 Å². The number of rotatable bonds is 4. The van der Waals surface area contributed by atoms with Gasteiger partial charge in [-0.3, -0.25) is 4.72 Å². The Bertz CT molecular complexity index is 724. The molecule has 0 aliphatic rings. The lowest BCUT2D eigenvalue weighted by molar-refractivity contribution is 0.0689. The molecule has 104 valence electrons. The maximum Gasteiger partial charge on any atom is 0.356 e. The molecule has 20 heavy (non-hydrogen) atoms. The molecule has 2 rings (SSSR count). The summed E-state index contributed by atoms with van der Waals surface area (Å²) >= 11 is 0. The van der Waals surface area contributed by atoms with E-state index in [1.165, 1.54) is 12.1 Å². The Kier molecular flexibility index (Phi) is 3.66. The van der Waals surface area contributed by atoms with Crippen molar-refractivity contribution < 1.29 is 18.3 Å². The van der Waals surface area contributed by atoms with E-state index in [1.54, 1.807) is 24.3 Å². The van der Waals surface area contributed by atoms with E-state index in [-0.39, 0.29) is 5.69 Å². The van der Waals surface area contributed by atoms with Crippen LogP contribution < -0.4 is 4.72 Å². The van der Waals surface area contributed by atoms with Gasteiger partial charge in [-0.05, 0) is 24.3 Å². The normalized spacial score (nSPS) is 11.1. The van der Waals surface area contributed by atoms with Crippen molar-refractivity contribution in [2.24, 2.45) is 0 Å². The Balaban J connectivity index is 2.23. The molecular formula is C12H11N3O4S. The minimum absolute atomic E-state index is 0.135. The number of anilines is 1. The van der Waals surface area contributed by atoms with Gasteiger partial charge in [0, 0.05) is 11.3 Å². The first-order valence-corrected chi connectivity index (χ1v) is 7.39. The number of nitrogens with zero attached hydrogens (tertiary/aromatic N) is 2. The highest BCUT2D eigenvalue weighted by atomic mass is 32.2. The third-order valence-corrected chi connectivity index (χ3v) is 2.97. The van der Waals surface area contributed by atoms with Gasteiger partial charge in [0.05, 0.1) is 11.9 Å². The van der Waals surface area contributed by atoms with Gasteiger partial charge in [-0.2, -0.15) is 0 Å². The molecule has 0 bridgehead atoms. The van der Waals surface area contributed by atoms with E-state index in [1.807, 2.05) is 0 Å². The summed E-state index contributed by atoms with van der Waals surface area (Å²) in [6.07, 6.45) is 1.07. The first-order valence-electron chi connectivity index (χ1n) is 5.50. The fourth-order valence-electron chi connectivity index (χ4n) is 1.52. The van der Waals surface area contributed by atoms with Crippen molar-refractivity contribution in [2.75, 3.05) is 11.0 Å². The summed E-state index contributed by atoms with van der Waals surface area (Å²) in [6.45, 7) is 0. The molecule has 0 saturated heterocycles. The summed E-state index contributed by atoms with van der Waals surface area (Å²) in [5.41, 5.74) is 1.50. The van der Waals surface area contributed by atoms with Crippen molar-refractivity contribution in [3.63, 3.8) is 0 Å². The SMILES string of the molecule is CS(=O)(=O)Nc1ccc(-c2ccc(C(=O)O)nn2)cc1. The Morgan fingerprint density at radius 1 is 1.10 bits per heavy atom. The lowest BCUT2D eigenvalue weighted by atomic mass is 10.1. The molecule has 2 aromatic rings. The summed E-state index contributed by atoms with van der Waals surface area (Å²) in [5.74, 6) is -1.14. The Hall–Kier alpha value is -2.48. The van der Waals surface area contributed by atoms with Gasteiger partial charge in [-0.25, -0.2) is 13.2 Å². The number of nitrogens with one attached hydrogen (secondary N) is 1. The molecule has 0 aliphatic heterocycles. The number of carboxylic acid groups (broad SMARTS) is 1. The zero-order chi connectivity index (χ0) is 14.8. The number of carboxylic acids is 1. The van der Waals surface area contributed by atoms with E-state index in [0.29, 0.717) is 16.9 Å². The zero-order valence-electron chi connectivity index (χ0n) is 10.4. The number of benzene rings is 1. The fraction of sp³-hybridized carbons (Fsp3) is 0.0833. The second-order valence-electron chi connectivity index (χ2n) is 4.06. The highest BCUT2D eigenvalue weighted by Crippen LogP contribution is 2.19. The van der Waals surface area contributed by atoms with E-state index >= 15 is 0 Å². The molecule has 0 spiro atoms. The van der Waals surface area contributed by atoms with Crippen molar-refractivity contribution in [2.45, 2.75) is 0 Å². The lowest BCUT2D eigenvalue weighted by Crippen LogP contribution is -2.09. The minimum atomic E-state index is -3.31. The van der Waals surface area contributed by atoms with Crippen molar-refractivity contribution in [3.8, 4) is 11.3 Å². The molecule has 1 aromatic carbocycles. The van der Waals surface area contributed by atoms with Crippen LogP contribution in [0.2, 0.25) is 0 Å². The quantitative estimate of drug-likeness (QED) is 0.877. The Morgan fingerprint density at radius 2 is 1.75 bits per heavy atom. The maximum atomic E-state index is 11.1. The molecular weight excluding hydrogens is 282 g/mol. The molecule has 0 radical (unpaired) electrons. The average molecular weight is 293 g/mol. The predicted molar refractivity (Wildman–Crippen MR) is 72.9 cm³/mol. The topological polar surface area (TPSA) is 109 Å². The van der Waals surface area contributed by atoms with Crippen LogP contribution in [0.25, 0.3) is 11.3 Å². The summed E-state index contributed by atoms with van der Waals surface area (Å²) in [6, 6.07) is 9.39. The molecule has 0 aliphatic carbocycles. The van der Waals surface area contributed by atoms with Gasteiger partial charge in [-0.15, -0.1) is 10.2 Å². The van der Waals surface area contributed by atoms with Gasteiger partial charge in [0.25, 0.3) is 0 Å². The van der Waals surface area contributed by atoms with E-state index in [9.17, 15) is 13.2 Å². The van der Waals surface area contributed by atoms with E-state index in [0.717, 1.165) is 6.26 Å². The van der Waals surface area contributed by atoms with Gasteiger partial charge >= 0.3 is 5.97 Å². The number of aromatic nitrogens is 2. The molecule has 1 heterocycles. The van der Waals surface area contributed by atoms with Crippen LogP contribution >= 0.6 is 0 Å². The third kappa shape index (κ3) is 3.51. The Morgan fingerprint density at radius 3 is 2.20 bits per heavy atom. The first kappa shape index (κ1) is 13.9. The van der Waals surface area contributed by atoms with Crippen LogP contribution in [0.15, 0.2) is 36.4 Å². The van der Waals surface area contributed by atoms with Crippen LogP contribution in [-0.4, -0.2) is 35.9 Å². The average Bonchev–Trinajstić information content (AvgIpc) is 2.38. The number of carbonyl (C=O) groups is 1. The largest absolute Gasteiger partial charge is 0.476 e. The highest BCUT2D eigenvalue weighted by Gasteiger charge is 2.07. The van der Waals surface area contributed by atoms with Crippen LogP contribution in [0.4, 0.5) is 5.69 Å². The van der Waals surface area contributed by atoms with Gasteiger partial charge in [0.2, 0.25) is 10.0 Å². The van der Waals surface area contributed by atoms with Crippen LogP contribution in [0, 0.1) is 0 Å². The standard InChI is InChI=1S/C12H11N3O4S/c1-20(18,19)15-9-4-2-8(3-5-9)10-6-7-11(12(16)17)14-13-10/h2-7,15H,1H3,(H,16,17). The van der Waals surface area contributed by atoms with Crippen LogP contribution in [-0.2, 0) is 10.0 Å². The monoisotopic (exact) mass is 293 g/mol. The second-order valence-corrected chi connectivity index (χ2v) is 5.81. The second kappa shape index (κ2) is 5.25. The molecule has 7 nitrogen and oxygen atoms in total. The van der Waals surface area contributed by atoms with Crippen molar-refractivity contribution in [3.05, 3.63) is 42.1 Å². The number of aromatic carboxylic acids is 1. The Labute approximate surface area is 115 Å². The van der Waals surface area contributed by atoms with Crippen LogP contribution in [0.5, 0.6) is 0 Å². The molecule has 0 atom stereocenters. The predicted octanol–water partition coefficient (Wildman–Crippen LogP) is 1.21. The van der Waals surface area contributed by atoms with Gasteiger partial charge in [0.1, 0.15) is 0 Å². The third-order valence-electron chi connectivity index (χ3n) is 2.37. The summed E-state index contributed by atoms with van der Waals surface area (Å²) < 4.78 is 24.5. The van der Waals surface area contributed by atoms with E-state index < -0.39 is 16.0 Å². The zero-order valence-corrected chi connectivity index (χ0v) is 11.3. The van der Waals surface area contributed by atoms with Gasteiger partial charge in [-0.1, -0.05) is 12.1 Å². The van der Waals surface area contributed by atoms with Gasteiger partial charge in [0.15, 0.2) is 5.69 Å². The molecule has 0 amide bonds. The molecule has 0 fully saturated rings. The summed E-state index contributed by atoms with van der Waals surface area (Å²) in [7, 11) is -3.31. The van der Waals surface area contributed by atoms with E-state index in [4.69, 9.17) is 5.11 Å². The van der Waals surface area contributed by atoms with Crippen molar-refractivity contribution >= 4 is 21.7 Å². The molecule has 0 saturated carbocycles. The summed E-state index contributed by atoms with van der Waals surface area (Å²) in [5, 5.41) is 16.1. The fourth-order valence-corrected chi connectivity index (χ4v) is 2.09. The molecule has 2 N–H and O–H groups in total.